The second-order valence-corrected chi connectivity index (χ2v) is 4.19. The molecule has 1 aliphatic rings. The summed E-state index contributed by atoms with van der Waals surface area (Å²) in [5.41, 5.74) is 1.12. The molecule has 0 saturated carbocycles. The SMILES string of the molecule is CCOC(=O)[C@@H]1CC=CC[C@@H]1c1cccnc1. The van der Waals surface area contributed by atoms with Crippen molar-refractivity contribution in [3.05, 3.63) is 42.2 Å². The van der Waals surface area contributed by atoms with Gasteiger partial charge >= 0.3 is 5.97 Å². The van der Waals surface area contributed by atoms with Gasteiger partial charge in [-0.1, -0.05) is 18.2 Å². The number of nitrogens with zero attached hydrogens (tertiary/aromatic N) is 1. The van der Waals surface area contributed by atoms with Crippen LogP contribution in [0.5, 0.6) is 0 Å². The number of hydrogen-bond donors (Lipinski definition) is 0. The number of pyridine rings is 1. The minimum absolute atomic E-state index is 0.0656. The summed E-state index contributed by atoms with van der Waals surface area (Å²) in [5, 5.41) is 0. The van der Waals surface area contributed by atoms with Crippen LogP contribution in [0.25, 0.3) is 0 Å². The van der Waals surface area contributed by atoms with Gasteiger partial charge in [0.15, 0.2) is 0 Å². The molecule has 0 radical (unpaired) electrons. The number of carbonyl (C=O) groups excluding carboxylic acids is 1. The first-order valence-corrected chi connectivity index (χ1v) is 6.04. The molecule has 0 aliphatic heterocycles. The van der Waals surface area contributed by atoms with E-state index in [0.29, 0.717) is 6.61 Å². The van der Waals surface area contributed by atoms with Crippen LogP contribution < -0.4 is 0 Å². The van der Waals surface area contributed by atoms with E-state index in [-0.39, 0.29) is 17.8 Å². The number of allylic oxidation sites excluding steroid dienone is 2. The first-order valence-electron chi connectivity index (χ1n) is 6.04. The van der Waals surface area contributed by atoms with Gasteiger partial charge in [0.05, 0.1) is 12.5 Å². The molecule has 1 heterocycles. The van der Waals surface area contributed by atoms with Gasteiger partial charge in [-0.3, -0.25) is 9.78 Å². The van der Waals surface area contributed by atoms with E-state index < -0.39 is 0 Å². The molecular weight excluding hydrogens is 214 g/mol. The topological polar surface area (TPSA) is 39.2 Å². The first kappa shape index (κ1) is 11.8. The minimum atomic E-state index is -0.0919. The zero-order chi connectivity index (χ0) is 12.1. The average molecular weight is 231 g/mol. The van der Waals surface area contributed by atoms with E-state index in [1.165, 1.54) is 0 Å². The zero-order valence-electron chi connectivity index (χ0n) is 10.0. The van der Waals surface area contributed by atoms with E-state index in [4.69, 9.17) is 4.74 Å². The Morgan fingerprint density at radius 2 is 2.29 bits per heavy atom. The van der Waals surface area contributed by atoms with Crippen molar-refractivity contribution < 1.29 is 9.53 Å². The lowest BCUT2D eigenvalue weighted by molar-refractivity contribution is -0.148. The third-order valence-corrected chi connectivity index (χ3v) is 3.13. The molecule has 1 aromatic rings. The highest BCUT2D eigenvalue weighted by atomic mass is 16.5. The highest BCUT2D eigenvalue weighted by molar-refractivity contribution is 5.74. The smallest absolute Gasteiger partial charge is 0.309 e. The van der Waals surface area contributed by atoms with Crippen LogP contribution in [0.2, 0.25) is 0 Å². The number of ether oxygens (including phenoxy) is 1. The number of carbonyl (C=O) groups is 1. The maximum absolute atomic E-state index is 11.9. The van der Waals surface area contributed by atoms with Crippen molar-refractivity contribution in [3.8, 4) is 0 Å². The van der Waals surface area contributed by atoms with Crippen LogP contribution in [-0.2, 0) is 9.53 Å². The van der Waals surface area contributed by atoms with Gasteiger partial charge in [0.2, 0.25) is 0 Å². The second-order valence-electron chi connectivity index (χ2n) is 4.19. The van der Waals surface area contributed by atoms with Crippen LogP contribution in [0.4, 0.5) is 0 Å². The van der Waals surface area contributed by atoms with E-state index in [2.05, 4.69) is 17.1 Å². The summed E-state index contributed by atoms with van der Waals surface area (Å²) in [6.45, 7) is 2.29. The lowest BCUT2D eigenvalue weighted by atomic mass is 9.79. The van der Waals surface area contributed by atoms with E-state index in [0.717, 1.165) is 18.4 Å². The second kappa shape index (κ2) is 5.62. The van der Waals surface area contributed by atoms with E-state index in [9.17, 15) is 4.79 Å². The van der Waals surface area contributed by atoms with Crippen molar-refractivity contribution >= 4 is 5.97 Å². The number of rotatable bonds is 3. The Labute approximate surface area is 102 Å². The van der Waals surface area contributed by atoms with Crippen molar-refractivity contribution in [3.63, 3.8) is 0 Å². The van der Waals surface area contributed by atoms with Crippen LogP contribution in [0.3, 0.4) is 0 Å². The summed E-state index contributed by atoms with van der Waals surface area (Å²) in [6, 6.07) is 3.94. The van der Waals surface area contributed by atoms with Crippen LogP contribution in [0.15, 0.2) is 36.7 Å². The molecule has 17 heavy (non-hydrogen) atoms. The van der Waals surface area contributed by atoms with Gasteiger partial charge < -0.3 is 4.74 Å². The predicted molar refractivity (Wildman–Crippen MR) is 65.5 cm³/mol. The molecule has 2 rings (SSSR count). The van der Waals surface area contributed by atoms with Crippen molar-refractivity contribution in [2.45, 2.75) is 25.7 Å². The van der Waals surface area contributed by atoms with E-state index in [1.54, 1.807) is 6.20 Å². The van der Waals surface area contributed by atoms with Gasteiger partial charge in [-0.05, 0) is 31.4 Å². The van der Waals surface area contributed by atoms with Crippen molar-refractivity contribution in [1.82, 2.24) is 4.98 Å². The van der Waals surface area contributed by atoms with Gasteiger partial charge in [0, 0.05) is 18.3 Å². The monoisotopic (exact) mass is 231 g/mol. The fourth-order valence-electron chi connectivity index (χ4n) is 2.29. The molecule has 1 aliphatic carbocycles. The number of esters is 1. The molecule has 0 bridgehead atoms. The van der Waals surface area contributed by atoms with Crippen LogP contribution in [0.1, 0.15) is 31.2 Å². The summed E-state index contributed by atoms with van der Waals surface area (Å²) < 4.78 is 5.14. The quantitative estimate of drug-likeness (QED) is 0.593. The molecular formula is C14H17NO2. The summed E-state index contributed by atoms with van der Waals surface area (Å²) >= 11 is 0. The van der Waals surface area contributed by atoms with Crippen LogP contribution >= 0.6 is 0 Å². The molecule has 90 valence electrons. The molecule has 0 N–H and O–H groups in total. The normalized spacial score (nSPS) is 23.4. The Hall–Kier alpha value is -1.64. The molecule has 0 fully saturated rings. The lowest BCUT2D eigenvalue weighted by Gasteiger charge is -2.26. The highest BCUT2D eigenvalue weighted by Gasteiger charge is 2.31. The van der Waals surface area contributed by atoms with Gasteiger partial charge in [-0.2, -0.15) is 0 Å². The van der Waals surface area contributed by atoms with Crippen molar-refractivity contribution in [1.29, 1.82) is 0 Å². The summed E-state index contributed by atoms with van der Waals surface area (Å²) in [7, 11) is 0. The first-order chi connectivity index (χ1) is 8.33. The number of hydrogen-bond acceptors (Lipinski definition) is 3. The molecule has 0 unspecified atom stereocenters. The summed E-state index contributed by atoms with van der Waals surface area (Å²) in [5.74, 6) is 0.0441. The molecule has 0 aromatic carbocycles. The van der Waals surface area contributed by atoms with Crippen molar-refractivity contribution in [2.24, 2.45) is 5.92 Å². The van der Waals surface area contributed by atoms with E-state index in [1.807, 2.05) is 25.3 Å². The largest absolute Gasteiger partial charge is 0.466 e. The predicted octanol–water partition coefficient (Wildman–Crippen LogP) is 2.69. The zero-order valence-corrected chi connectivity index (χ0v) is 10.0. The maximum Gasteiger partial charge on any atom is 0.309 e. The lowest BCUT2D eigenvalue weighted by Crippen LogP contribution is -2.26. The average Bonchev–Trinajstić information content (AvgIpc) is 2.40. The summed E-state index contributed by atoms with van der Waals surface area (Å²) in [4.78, 5) is 16.0. The Morgan fingerprint density at radius 1 is 1.47 bits per heavy atom. The Bertz CT molecular complexity index is 400. The molecule has 0 amide bonds. The Morgan fingerprint density at radius 3 is 3.00 bits per heavy atom. The van der Waals surface area contributed by atoms with E-state index >= 15 is 0 Å². The summed E-state index contributed by atoms with van der Waals surface area (Å²) in [6.07, 6.45) is 9.44. The molecule has 0 spiro atoms. The maximum atomic E-state index is 11.9. The third-order valence-electron chi connectivity index (χ3n) is 3.13. The fraction of sp³-hybridized carbons (Fsp3) is 0.429. The standard InChI is InChI=1S/C14H17NO2/c1-2-17-14(16)13-8-4-3-7-12(13)11-6-5-9-15-10-11/h3-6,9-10,12-13H,2,7-8H2,1H3/t12-,13-/m1/s1. The van der Waals surface area contributed by atoms with Crippen LogP contribution in [0, 0.1) is 5.92 Å². The van der Waals surface area contributed by atoms with Gasteiger partial charge in [-0.25, -0.2) is 0 Å². The Balaban J connectivity index is 2.19. The fourth-order valence-corrected chi connectivity index (χ4v) is 2.29. The molecule has 0 saturated heterocycles. The van der Waals surface area contributed by atoms with Gasteiger partial charge in [0.25, 0.3) is 0 Å². The highest BCUT2D eigenvalue weighted by Crippen LogP contribution is 2.34. The molecule has 3 nitrogen and oxygen atoms in total. The third kappa shape index (κ3) is 2.73. The van der Waals surface area contributed by atoms with Gasteiger partial charge in [0.1, 0.15) is 0 Å². The minimum Gasteiger partial charge on any atom is -0.466 e. The molecule has 2 atom stereocenters. The van der Waals surface area contributed by atoms with Crippen LogP contribution in [-0.4, -0.2) is 17.6 Å². The van der Waals surface area contributed by atoms with Gasteiger partial charge in [-0.15, -0.1) is 0 Å². The number of aromatic nitrogens is 1. The Kier molecular flexibility index (Phi) is 3.91. The van der Waals surface area contributed by atoms with Crippen molar-refractivity contribution in [2.75, 3.05) is 6.61 Å². The molecule has 1 aromatic heterocycles. The molecule has 3 heteroatoms.